The summed E-state index contributed by atoms with van der Waals surface area (Å²) in [4.78, 5) is 11.5. The molecule has 0 bridgehead atoms. The monoisotopic (exact) mass is 215 g/mol. The first-order valence-corrected chi connectivity index (χ1v) is 4.11. The third kappa shape index (κ3) is 3.16. The number of alkyl halides is 4. The van der Waals surface area contributed by atoms with Gasteiger partial charge in [-0.3, -0.25) is 4.79 Å². The average Bonchev–Trinajstić information content (AvgIpc) is 2.01. The quantitative estimate of drug-likeness (QED) is 0.657. The average molecular weight is 215 g/mol. The fourth-order valence-electron chi connectivity index (χ4n) is 0.978. The van der Waals surface area contributed by atoms with E-state index in [1.807, 2.05) is 0 Å². The summed E-state index contributed by atoms with van der Waals surface area (Å²) in [6.45, 7) is 3.43. The Morgan fingerprint density at radius 1 is 1.36 bits per heavy atom. The number of nitrogens with zero attached hydrogens (tertiary/aromatic N) is 1. The summed E-state index contributed by atoms with van der Waals surface area (Å²) in [5, 5.41) is 0. The molecule has 0 atom stereocenters. The largest absolute Gasteiger partial charge is 0.383 e. The molecule has 0 spiro atoms. The van der Waals surface area contributed by atoms with Gasteiger partial charge in [0.05, 0.1) is 0 Å². The molecular formula is C8H13F4NO. The molecule has 6 heteroatoms. The molecule has 0 aliphatic carbocycles. The van der Waals surface area contributed by atoms with Gasteiger partial charge in [-0.2, -0.15) is 8.78 Å². The SMILES string of the molecule is CC(C)CN(C)C(=O)C(F)(F)C(F)F. The molecule has 1 amide bonds. The van der Waals surface area contributed by atoms with E-state index in [4.69, 9.17) is 0 Å². The zero-order valence-electron chi connectivity index (χ0n) is 8.23. The number of carbonyl (C=O) groups excluding carboxylic acids is 1. The Morgan fingerprint density at radius 3 is 2.07 bits per heavy atom. The molecule has 0 aromatic carbocycles. The van der Waals surface area contributed by atoms with Crippen LogP contribution in [-0.4, -0.2) is 36.7 Å². The lowest BCUT2D eigenvalue weighted by atomic mass is 10.2. The molecule has 0 unspecified atom stereocenters. The maximum atomic E-state index is 12.5. The number of rotatable bonds is 4. The van der Waals surface area contributed by atoms with E-state index in [9.17, 15) is 22.4 Å². The smallest absolute Gasteiger partial charge is 0.340 e. The van der Waals surface area contributed by atoms with Gasteiger partial charge in [0.2, 0.25) is 0 Å². The third-order valence-electron chi connectivity index (χ3n) is 1.54. The zero-order chi connectivity index (χ0) is 11.5. The van der Waals surface area contributed by atoms with Crippen LogP contribution in [0.2, 0.25) is 0 Å². The normalized spacial score (nSPS) is 12.4. The molecule has 0 radical (unpaired) electrons. The van der Waals surface area contributed by atoms with Crippen LogP contribution in [-0.2, 0) is 4.79 Å². The van der Waals surface area contributed by atoms with Crippen LogP contribution in [0, 0.1) is 5.92 Å². The van der Waals surface area contributed by atoms with Gasteiger partial charge in [0.25, 0.3) is 5.91 Å². The Morgan fingerprint density at radius 2 is 1.79 bits per heavy atom. The summed E-state index contributed by atoms with van der Waals surface area (Å²) < 4.78 is 48.5. The van der Waals surface area contributed by atoms with Crippen molar-refractivity contribution in [3.63, 3.8) is 0 Å². The number of carbonyl (C=O) groups is 1. The van der Waals surface area contributed by atoms with Crippen molar-refractivity contribution in [3.8, 4) is 0 Å². The molecule has 0 aromatic rings. The molecule has 0 aliphatic heterocycles. The summed E-state index contributed by atoms with van der Waals surface area (Å²) in [5.41, 5.74) is 0. The van der Waals surface area contributed by atoms with E-state index in [0.29, 0.717) is 4.90 Å². The van der Waals surface area contributed by atoms with Crippen molar-refractivity contribution in [3.05, 3.63) is 0 Å². The Kier molecular flexibility index (Phi) is 4.35. The summed E-state index contributed by atoms with van der Waals surface area (Å²) in [6.07, 6.45) is -3.95. The van der Waals surface area contributed by atoms with Crippen molar-refractivity contribution >= 4 is 5.91 Å². The van der Waals surface area contributed by atoms with Crippen molar-refractivity contribution in [2.75, 3.05) is 13.6 Å². The number of hydrogen-bond acceptors (Lipinski definition) is 1. The molecule has 0 fully saturated rings. The highest BCUT2D eigenvalue weighted by Gasteiger charge is 2.50. The molecule has 0 aliphatic rings. The fraction of sp³-hybridized carbons (Fsp3) is 0.875. The van der Waals surface area contributed by atoms with Gasteiger partial charge < -0.3 is 4.90 Å². The van der Waals surface area contributed by atoms with Gasteiger partial charge in [0, 0.05) is 13.6 Å². The van der Waals surface area contributed by atoms with Crippen molar-refractivity contribution in [1.82, 2.24) is 4.90 Å². The van der Waals surface area contributed by atoms with Crippen LogP contribution in [0.25, 0.3) is 0 Å². The van der Waals surface area contributed by atoms with Crippen molar-refractivity contribution in [2.24, 2.45) is 5.92 Å². The standard InChI is InChI=1S/C8H13F4NO/c1-5(2)4-13(3)7(14)8(11,12)6(9)10/h5-6H,4H2,1-3H3. The Balaban J connectivity index is 4.45. The highest BCUT2D eigenvalue weighted by molar-refractivity contribution is 5.83. The zero-order valence-corrected chi connectivity index (χ0v) is 8.23. The second kappa shape index (κ2) is 4.61. The van der Waals surface area contributed by atoms with Crippen molar-refractivity contribution in [2.45, 2.75) is 26.2 Å². The fourth-order valence-corrected chi connectivity index (χ4v) is 0.978. The van der Waals surface area contributed by atoms with Crippen LogP contribution in [0.1, 0.15) is 13.8 Å². The van der Waals surface area contributed by atoms with Gasteiger partial charge in [-0.15, -0.1) is 0 Å². The topological polar surface area (TPSA) is 20.3 Å². The van der Waals surface area contributed by atoms with Crippen LogP contribution in [0.4, 0.5) is 17.6 Å². The van der Waals surface area contributed by atoms with Gasteiger partial charge in [-0.25, -0.2) is 8.78 Å². The summed E-state index contributed by atoms with van der Waals surface area (Å²) in [6, 6.07) is 0. The first-order chi connectivity index (χ1) is 6.19. The molecule has 0 N–H and O–H groups in total. The molecule has 14 heavy (non-hydrogen) atoms. The highest BCUT2D eigenvalue weighted by Crippen LogP contribution is 2.25. The van der Waals surface area contributed by atoms with Crippen molar-refractivity contribution in [1.29, 1.82) is 0 Å². The maximum absolute atomic E-state index is 12.5. The molecule has 84 valence electrons. The van der Waals surface area contributed by atoms with Gasteiger partial charge in [0.1, 0.15) is 0 Å². The number of halogens is 4. The minimum Gasteiger partial charge on any atom is -0.340 e. The third-order valence-corrected chi connectivity index (χ3v) is 1.54. The molecule has 0 rings (SSSR count). The van der Waals surface area contributed by atoms with Gasteiger partial charge in [-0.1, -0.05) is 13.8 Å². The lowest BCUT2D eigenvalue weighted by Gasteiger charge is -2.24. The second-order valence-electron chi connectivity index (χ2n) is 3.50. The maximum Gasteiger partial charge on any atom is 0.383 e. The number of amides is 1. The van der Waals surface area contributed by atoms with Crippen LogP contribution in [0.5, 0.6) is 0 Å². The summed E-state index contributed by atoms with van der Waals surface area (Å²) >= 11 is 0. The Bertz CT molecular complexity index is 206. The predicted octanol–water partition coefficient (Wildman–Crippen LogP) is 2.00. The van der Waals surface area contributed by atoms with E-state index in [1.54, 1.807) is 13.8 Å². The molecule has 0 saturated heterocycles. The van der Waals surface area contributed by atoms with E-state index in [-0.39, 0.29) is 12.5 Å². The van der Waals surface area contributed by atoms with Crippen molar-refractivity contribution < 1.29 is 22.4 Å². The van der Waals surface area contributed by atoms with Crippen LogP contribution in [0.15, 0.2) is 0 Å². The minimum absolute atomic E-state index is 0.0289. The molecule has 2 nitrogen and oxygen atoms in total. The van der Waals surface area contributed by atoms with Gasteiger partial charge in [-0.05, 0) is 5.92 Å². The van der Waals surface area contributed by atoms with E-state index in [1.165, 1.54) is 0 Å². The molecule has 0 heterocycles. The minimum atomic E-state index is -4.58. The first-order valence-electron chi connectivity index (χ1n) is 4.11. The Labute approximate surface area is 79.9 Å². The van der Waals surface area contributed by atoms with Crippen LogP contribution >= 0.6 is 0 Å². The first kappa shape index (κ1) is 13.2. The van der Waals surface area contributed by atoms with E-state index >= 15 is 0 Å². The number of hydrogen-bond donors (Lipinski definition) is 0. The van der Waals surface area contributed by atoms with E-state index in [2.05, 4.69) is 0 Å². The summed E-state index contributed by atoms with van der Waals surface area (Å²) in [7, 11) is 1.08. The predicted molar refractivity (Wildman–Crippen MR) is 43.4 cm³/mol. The summed E-state index contributed by atoms with van der Waals surface area (Å²) in [5.74, 6) is -6.46. The van der Waals surface area contributed by atoms with Crippen LogP contribution < -0.4 is 0 Å². The highest BCUT2D eigenvalue weighted by atomic mass is 19.3. The second-order valence-corrected chi connectivity index (χ2v) is 3.50. The Hall–Kier alpha value is -0.810. The van der Waals surface area contributed by atoms with E-state index in [0.717, 1.165) is 7.05 Å². The van der Waals surface area contributed by atoms with Gasteiger partial charge >= 0.3 is 12.3 Å². The molecular weight excluding hydrogens is 202 g/mol. The molecule has 0 aromatic heterocycles. The lowest BCUT2D eigenvalue weighted by molar-refractivity contribution is -0.179. The molecule has 0 saturated carbocycles. The van der Waals surface area contributed by atoms with Crippen LogP contribution in [0.3, 0.4) is 0 Å². The lowest BCUT2D eigenvalue weighted by Crippen LogP contribution is -2.47. The van der Waals surface area contributed by atoms with E-state index < -0.39 is 18.3 Å². The van der Waals surface area contributed by atoms with Gasteiger partial charge in [0.15, 0.2) is 0 Å².